The summed E-state index contributed by atoms with van der Waals surface area (Å²) < 4.78 is 11.2. The Morgan fingerprint density at radius 1 is 1.47 bits per heavy atom. The van der Waals surface area contributed by atoms with Crippen molar-refractivity contribution < 1.29 is 14.3 Å². The first-order valence-corrected chi connectivity index (χ1v) is 4.99. The fourth-order valence-corrected chi connectivity index (χ4v) is 1.61. The number of hydrogen-bond donors (Lipinski definition) is 0. The molecule has 0 saturated heterocycles. The summed E-state index contributed by atoms with van der Waals surface area (Å²) in [7, 11) is 0. The average Bonchev–Trinajstić information content (AvgIpc) is 2.18. The molecular formula is C12H14O3. The van der Waals surface area contributed by atoms with Gasteiger partial charge in [0, 0.05) is 25.8 Å². The second-order valence-electron chi connectivity index (χ2n) is 4.10. The summed E-state index contributed by atoms with van der Waals surface area (Å²) >= 11 is 0. The number of hydrogen-bond acceptors (Lipinski definition) is 3. The summed E-state index contributed by atoms with van der Waals surface area (Å²) in [5, 5.41) is 0. The van der Waals surface area contributed by atoms with Gasteiger partial charge < -0.3 is 14.3 Å². The fraction of sp³-hybridized carbons (Fsp3) is 0.417. The lowest BCUT2D eigenvalue weighted by Crippen LogP contribution is -2.35. The van der Waals surface area contributed by atoms with E-state index in [1.807, 2.05) is 32.0 Å². The summed E-state index contributed by atoms with van der Waals surface area (Å²) in [5.41, 5.74) is 2.00. The number of carbonyl (C=O) groups is 1. The van der Waals surface area contributed by atoms with Crippen LogP contribution in [0.4, 0.5) is 0 Å². The minimum absolute atomic E-state index is 0.441. The predicted octanol–water partition coefficient (Wildman–Crippen LogP) is 2.07. The Morgan fingerprint density at radius 3 is 3.00 bits per heavy atom. The smallest absolute Gasteiger partial charge is 0.205 e. The maximum atomic E-state index is 10.4. The van der Waals surface area contributed by atoms with Crippen molar-refractivity contribution in [3.05, 3.63) is 29.3 Å². The first-order valence-electron chi connectivity index (χ1n) is 4.99. The van der Waals surface area contributed by atoms with Gasteiger partial charge in [-0.15, -0.1) is 0 Å². The molecule has 0 radical (unpaired) electrons. The fourth-order valence-electron chi connectivity index (χ4n) is 1.61. The molecule has 0 N–H and O–H groups in total. The van der Waals surface area contributed by atoms with Gasteiger partial charge in [0.15, 0.2) is 0 Å². The number of carbonyl (C=O) groups excluding carboxylic acids is 1. The Bertz CT molecular complexity index is 382. The standard InChI is InChI=1S/C12H14O3/c1-12(2)14-8-10-7-9(5-6-13)3-4-11(10)15-12/h3-4,6-7H,5,8H2,1-2H3. The van der Waals surface area contributed by atoms with Crippen LogP contribution < -0.4 is 4.74 Å². The zero-order valence-electron chi connectivity index (χ0n) is 8.95. The Hall–Kier alpha value is -1.35. The van der Waals surface area contributed by atoms with Crippen LogP contribution in [0.2, 0.25) is 0 Å². The van der Waals surface area contributed by atoms with E-state index in [2.05, 4.69) is 0 Å². The van der Waals surface area contributed by atoms with Crippen molar-refractivity contribution >= 4 is 6.29 Å². The Balaban J connectivity index is 2.28. The van der Waals surface area contributed by atoms with E-state index in [-0.39, 0.29) is 0 Å². The second kappa shape index (κ2) is 3.66. The van der Waals surface area contributed by atoms with Crippen LogP contribution in [0, 0.1) is 0 Å². The van der Waals surface area contributed by atoms with Crippen LogP contribution in [0.1, 0.15) is 25.0 Å². The first kappa shape index (κ1) is 10.2. The summed E-state index contributed by atoms with van der Waals surface area (Å²) in [6.45, 7) is 4.31. The van der Waals surface area contributed by atoms with Gasteiger partial charge in [0.05, 0.1) is 6.61 Å². The van der Waals surface area contributed by atoms with Crippen LogP contribution >= 0.6 is 0 Å². The molecule has 1 heterocycles. The van der Waals surface area contributed by atoms with Crippen molar-refractivity contribution in [2.24, 2.45) is 0 Å². The molecule has 0 bridgehead atoms. The molecule has 1 aliphatic heterocycles. The molecule has 3 nitrogen and oxygen atoms in total. The van der Waals surface area contributed by atoms with Crippen LogP contribution in [0.3, 0.4) is 0 Å². The molecule has 2 rings (SSSR count). The molecule has 3 heteroatoms. The highest BCUT2D eigenvalue weighted by atomic mass is 16.7. The van der Waals surface area contributed by atoms with Crippen molar-refractivity contribution in [2.45, 2.75) is 32.7 Å². The first-order chi connectivity index (χ1) is 7.11. The van der Waals surface area contributed by atoms with E-state index >= 15 is 0 Å². The van der Waals surface area contributed by atoms with Gasteiger partial charge in [0.25, 0.3) is 0 Å². The summed E-state index contributed by atoms with van der Waals surface area (Å²) in [5.74, 6) is 0.292. The number of aldehydes is 1. The molecule has 0 amide bonds. The van der Waals surface area contributed by atoms with Gasteiger partial charge in [-0.05, 0) is 17.7 Å². The molecule has 80 valence electrons. The Kier molecular flexibility index (Phi) is 2.49. The van der Waals surface area contributed by atoms with Crippen LogP contribution in [0.5, 0.6) is 5.75 Å². The third-order valence-corrected chi connectivity index (χ3v) is 2.37. The number of benzene rings is 1. The Labute approximate surface area is 89.0 Å². The number of rotatable bonds is 2. The van der Waals surface area contributed by atoms with E-state index in [0.717, 1.165) is 23.2 Å². The molecule has 0 atom stereocenters. The molecule has 0 aliphatic carbocycles. The number of ether oxygens (including phenoxy) is 2. The van der Waals surface area contributed by atoms with Gasteiger partial charge in [-0.1, -0.05) is 6.07 Å². The molecular weight excluding hydrogens is 192 g/mol. The van der Waals surface area contributed by atoms with Gasteiger partial charge in [-0.2, -0.15) is 0 Å². The highest BCUT2D eigenvalue weighted by Gasteiger charge is 2.27. The van der Waals surface area contributed by atoms with Gasteiger partial charge in [0.2, 0.25) is 5.79 Å². The lowest BCUT2D eigenvalue weighted by atomic mass is 10.1. The van der Waals surface area contributed by atoms with Crippen molar-refractivity contribution in [1.82, 2.24) is 0 Å². The molecule has 0 aromatic heterocycles. The normalized spacial score (nSPS) is 17.7. The highest BCUT2D eigenvalue weighted by molar-refractivity contribution is 5.56. The van der Waals surface area contributed by atoms with E-state index in [4.69, 9.17) is 9.47 Å². The third-order valence-electron chi connectivity index (χ3n) is 2.37. The van der Waals surface area contributed by atoms with E-state index in [0.29, 0.717) is 13.0 Å². The summed E-state index contributed by atoms with van der Waals surface area (Å²) in [4.78, 5) is 10.4. The predicted molar refractivity (Wildman–Crippen MR) is 55.7 cm³/mol. The molecule has 0 fully saturated rings. The molecule has 1 aliphatic rings. The zero-order valence-corrected chi connectivity index (χ0v) is 8.95. The van der Waals surface area contributed by atoms with E-state index < -0.39 is 5.79 Å². The molecule has 0 unspecified atom stereocenters. The third kappa shape index (κ3) is 2.18. The van der Waals surface area contributed by atoms with Crippen molar-refractivity contribution in [3.63, 3.8) is 0 Å². The maximum absolute atomic E-state index is 10.4. The molecule has 15 heavy (non-hydrogen) atoms. The minimum atomic E-state index is -0.556. The van der Waals surface area contributed by atoms with E-state index in [9.17, 15) is 4.79 Å². The van der Waals surface area contributed by atoms with Crippen molar-refractivity contribution in [1.29, 1.82) is 0 Å². The largest absolute Gasteiger partial charge is 0.463 e. The second-order valence-corrected chi connectivity index (χ2v) is 4.10. The SMILES string of the molecule is CC1(C)OCc2cc(CC=O)ccc2O1. The van der Waals surface area contributed by atoms with Gasteiger partial charge in [-0.3, -0.25) is 0 Å². The van der Waals surface area contributed by atoms with Crippen LogP contribution in [0.15, 0.2) is 18.2 Å². The zero-order chi connectivity index (χ0) is 10.9. The maximum Gasteiger partial charge on any atom is 0.205 e. The Morgan fingerprint density at radius 2 is 2.27 bits per heavy atom. The van der Waals surface area contributed by atoms with Gasteiger partial charge in [-0.25, -0.2) is 0 Å². The molecule has 1 aromatic carbocycles. The van der Waals surface area contributed by atoms with Crippen molar-refractivity contribution in [2.75, 3.05) is 0 Å². The monoisotopic (exact) mass is 206 g/mol. The van der Waals surface area contributed by atoms with Crippen molar-refractivity contribution in [3.8, 4) is 5.75 Å². The van der Waals surface area contributed by atoms with Crippen LogP contribution in [-0.2, 0) is 22.6 Å². The average molecular weight is 206 g/mol. The van der Waals surface area contributed by atoms with Gasteiger partial charge >= 0.3 is 0 Å². The lowest BCUT2D eigenvalue weighted by Gasteiger charge is -2.32. The topological polar surface area (TPSA) is 35.5 Å². The highest BCUT2D eigenvalue weighted by Crippen LogP contribution is 2.31. The summed E-state index contributed by atoms with van der Waals surface area (Å²) in [6.07, 6.45) is 1.34. The number of fused-ring (bicyclic) bond motifs is 1. The lowest BCUT2D eigenvalue weighted by molar-refractivity contribution is -0.180. The summed E-state index contributed by atoms with van der Waals surface area (Å²) in [6, 6.07) is 5.77. The minimum Gasteiger partial charge on any atom is -0.463 e. The van der Waals surface area contributed by atoms with Crippen LogP contribution in [0.25, 0.3) is 0 Å². The van der Waals surface area contributed by atoms with E-state index in [1.165, 1.54) is 0 Å². The van der Waals surface area contributed by atoms with E-state index in [1.54, 1.807) is 0 Å². The molecule has 1 aromatic rings. The van der Waals surface area contributed by atoms with Gasteiger partial charge in [0.1, 0.15) is 12.0 Å². The quantitative estimate of drug-likeness (QED) is 0.695. The molecule has 0 spiro atoms. The molecule has 0 saturated carbocycles. The van der Waals surface area contributed by atoms with Crippen LogP contribution in [-0.4, -0.2) is 12.1 Å².